The van der Waals surface area contributed by atoms with Crippen molar-refractivity contribution in [3.8, 4) is 5.75 Å². The molecule has 0 heterocycles. The van der Waals surface area contributed by atoms with Gasteiger partial charge in [-0.05, 0) is 24.5 Å². The predicted molar refractivity (Wildman–Crippen MR) is 78.3 cm³/mol. The van der Waals surface area contributed by atoms with Crippen LogP contribution in [-0.4, -0.2) is 22.5 Å². The van der Waals surface area contributed by atoms with Crippen molar-refractivity contribution in [1.29, 1.82) is 0 Å². The molecule has 1 aromatic carbocycles. The molecular weight excluding hydrogens is 272 g/mol. The summed E-state index contributed by atoms with van der Waals surface area (Å²) >= 11 is 0. The van der Waals surface area contributed by atoms with Gasteiger partial charge in [0.2, 0.25) is 0 Å². The third-order valence-electron chi connectivity index (χ3n) is 4.00. The van der Waals surface area contributed by atoms with Gasteiger partial charge in [-0.1, -0.05) is 32.1 Å². The van der Waals surface area contributed by atoms with Crippen molar-refractivity contribution >= 4 is 11.6 Å². The van der Waals surface area contributed by atoms with Crippen LogP contribution in [0.3, 0.4) is 0 Å². The lowest BCUT2D eigenvalue weighted by Crippen LogP contribution is -2.26. The minimum atomic E-state index is -0.700. The number of nitrogens with one attached hydrogen (secondary N) is 1. The number of hydrogen-bond acceptors (Lipinski definition) is 4. The summed E-state index contributed by atoms with van der Waals surface area (Å²) in [5.41, 5.74) is -0.252. The van der Waals surface area contributed by atoms with E-state index in [1.807, 2.05) is 0 Å². The number of rotatable bonds is 5. The maximum atomic E-state index is 12.0. The number of benzene rings is 1. The van der Waals surface area contributed by atoms with Gasteiger partial charge in [0.15, 0.2) is 5.75 Å². The molecule has 0 radical (unpaired) electrons. The highest BCUT2D eigenvalue weighted by Crippen LogP contribution is 2.27. The van der Waals surface area contributed by atoms with E-state index in [0.29, 0.717) is 12.5 Å². The van der Waals surface area contributed by atoms with Crippen LogP contribution in [0.5, 0.6) is 5.75 Å². The highest BCUT2D eigenvalue weighted by molar-refractivity contribution is 5.95. The molecule has 0 aliphatic heterocycles. The number of nitro groups is 1. The topological polar surface area (TPSA) is 92.5 Å². The van der Waals surface area contributed by atoms with Gasteiger partial charge in [0.1, 0.15) is 0 Å². The molecule has 114 valence electrons. The number of nitrogens with zero attached hydrogens (tertiary/aromatic N) is 1. The van der Waals surface area contributed by atoms with E-state index in [2.05, 4.69) is 5.32 Å². The Morgan fingerprint density at radius 1 is 1.33 bits per heavy atom. The second kappa shape index (κ2) is 7.06. The van der Waals surface area contributed by atoms with Crippen LogP contribution in [0.1, 0.15) is 48.9 Å². The molecule has 1 amide bonds. The highest BCUT2D eigenvalue weighted by atomic mass is 16.6. The number of phenols is 1. The highest BCUT2D eigenvalue weighted by Gasteiger charge is 2.17. The zero-order valence-corrected chi connectivity index (χ0v) is 11.9. The SMILES string of the molecule is O=C(NCCC1CCCCC1)c1ccc(O)c([N+](=O)[O-])c1. The van der Waals surface area contributed by atoms with Crippen molar-refractivity contribution in [3.05, 3.63) is 33.9 Å². The second-order valence-corrected chi connectivity index (χ2v) is 5.51. The standard InChI is InChI=1S/C15H20N2O4/c18-14-7-6-12(10-13(14)17(20)21)15(19)16-9-8-11-4-2-1-3-5-11/h6-7,10-11,18H,1-5,8-9H2,(H,16,19). The van der Waals surface area contributed by atoms with Crippen molar-refractivity contribution in [2.24, 2.45) is 5.92 Å². The molecule has 1 fully saturated rings. The smallest absolute Gasteiger partial charge is 0.311 e. The third-order valence-corrected chi connectivity index (χ3v) is 4.00. The van der Waals surface area contributed by atoms with Gasteiger partial charge in [-0.15, -0.1) is 0 Å². The minimum absolute atomic E-state index is 0.197. The molecule has 0 unspecified atom stereocenters. The molecule has 2 rings (SSSR count). The van der Waals surface area contributed by atoms with Gasteiger partial charge in [0.25, 0.3) is 5.91 Å². The summed E-state index contributed by atoms with van der Waals surface area (Å²) in [6, 6.07) is 3.66. The molecule has 0 saturated heterocycles. The number of aromatic hydroxyl groups is 1. The fourth-order valence-corrected chi connectivity index (χ4v) is 2.78. The van der Waals surface area contributed by atoms with Crippen LogP contribution in [-0.2, 0) is 0 Å². The van der Waals surface area contributed by atoms with Crippen molar-refractivity contribution < 1.29 is 14.8 Å². The van der Waals surface area contributed by atoms with Gasteiger partial charge >= 0.3 is 5.69 Å². The van der Waals surface area contributed by atoms with Gasteiger partial charge < -0.3 is 10.4 Å². The van der Waals surface area contributed by atoms with Gasteiger partial charge in [0, 0.05) is 18.2 Å². The maximum Gasteiger partial charge on any atom is 0.311 e. The Bertz CT molecular complexity index is 524. The summed E-state index contributed by atoms with van der Waals surface area (Å²) in [5.74, 6) is -0.0964. The summed E-state index contributed by atoms with van der Waals surface area (Å²) in [6.45, 7) is 0.582. The molecule has 0 aromatic heterocycles. The van der Waals surface area contributed by atoms with Crippen molar-refractivity contribution in [1.82, 2.24) is 5.32 Å². The average molecular weight is 292 g/mol. The van der Waals surface area contributed by atoms with Crippen LogP contribution >= 0.6 is 0 Å². The molecule has 6 nitrogen and oxygen atoms in total. The molecule has 6 heteroatoms. The summed E-state index contributed by atoms with van der Waals surface area (Å²) in [4.78, 5) is 22.0. The largest absolute Gasteiger partial charge is 0.502 e. The van der Waals surface area contributed by atoms with E-state index >= 15 is 0 Å². The molecular formula is C15H20N2O4. The Kier molecular flexibility index (Phi) is 5.14. The fourth-order valence-electron chi connectivity index (χ4n) is 2.78. The molecule has 1 aromatic rings. The lowest BCUT2D eigenvalue weighted by molar-refractivity contribution is -0.385. The van der Waals surface area contributed by atoms with E-state index in [4.69, 9.17) is 0 Å². The van der Waals surface area contributed by atoms with Crippen LogP contribution in [0.25, 0.3) is 0 Å². The number of phenolic OH excluding ortho intramolecular Hbond substituents is 1. The van der Waals surface area contributed by atoms with Crippen LogP contribution in [0.4, 0.5) is 5.69 Å². The maximum absolute atomic E-state index is 12.0. The Balaban J connectivity index is 1.88. The summed E-state index contributed by atoms with van der Waals surface area (Å²) in [6.07, 6.45) is 7.23. The van der Waals surface area contributed by atoms with Crippen LogP contribution < -0.4 is 5.32 Å². The third kappa shape index (κ3) is 4.18. The Hall–Kier alpha value is -2.11. The Labute approximate surface area is 123 Å². The Morgan fingerprint density at radius 2 is 2.05 bits per heavy atom. The summed E-state index contributed by atoms with van der Waals surface area (Å²) in [7, 11) is 0. The molecule has 2 N–H and O–H groups in total. The molecule has 0 atom stereocenters. The van der Waals surface area contributed by atoms with Crippen molar-refractivity contribution in [3.63, 3.8) is 0 Å². The number of amides is 1. The first kappa shape index (κ1) is 15.3. The monoisotopic (exact) mass is 292 g/mol. The van der Waals surface area contributed by atoms with E-state index in [-0.39, 0.29) is 11.5 Å². The first-order valence-corrected chi connectivity index (χ1v) is 7.33. The molecule has 21 heavy (non-hydrogen) atoms. The van der Waals surface area contributed by atoms with E-state index in [9.17, 15) is 20.0 Å². The minimum Gasteiger partial charge on any atom is -0.502 e. The van der Waals surface area contributed by atoms with E-state index in [1.54, 1.807) is 0 Å². The average Bonchev–Trinajstić information content (AvgIpc) is 2.48. The van der Waals surface area contributed by atoms with Gasteiger partial charge in [-0.2, -0.15) is 0 Å². The normalized spacial score (nSPS) is 15.6. The lowest BCUT2D eigenvalue weighted by atomic mass is 9.87. The van der Waals surface area contributed by atoms with Crippen LogP contribution in [0.15, 0.2) is 18.2 Å². The first-order valence-electron chi connectivity index (χ1n) is 7.33. The molecule has 1 saturated carbocycles. The zero-order valence-electron chi connectivity index (χ0n) is 11.9. The molecule has 1 aliphatic carbocycles. The van der Waals surface area contributed by atoms with Crippen molar-refractivity contribution in [2.75, 3.05) is 6.54 Å². The summed E-state index contributed by atoms with van der Waals surface area (Å²) in [5, 5.41) is 22.9. The van der Waals surface area contributed by atoms with Gasteiger partial charge in [-0.3, -0.25) is 14.9 Å². The van der Waals surface area contributed by atoms with Crippen LogP contribution in [0.2, 0.25) is 0 Å². The molecule has 1 aliphatic rings. The van der Waals surface area contributed by atoms with E-state index in [1.165, 1.54) is 44.2 Å². The lowest BCUT2D eigenvalue weighted by Gasteiger charge is -2.21. The number of carbonyl (C=O) groups is 1. The number of hydrogen-bond donors (Lipinski definition) is 2. The first-order chi connectivity index (χ1) is 10.1. The number of carbonyl (C=O) groups excluding carboxylic acids is 1. The quantitative estimate of drug-likeness (QED) is 0.644. The molecule has 0 spiro atoms. The van der Waals surface area contributed by atoms with Crippen LogP contribution in [0, 0.1) is 16.0 Å². The molecule has 0 bridgehead atoms. The van der Waals surface area contributed by atoms with Gasteiger partial charge in [-0.25, -0.2) is 0 Å². The van der Waals surface area contributed by atoms with E-state index < -0.39 is 16.4 Å². The number of nitro benzene ring substituents is 1. The Morgan fingerprint density at radius 3 is 2.71 bits per heavy atom. The second-order valence-electron chi connectivity index (χ2n) is 5.51. The van der Waals surface area contributed by atoms with Crippen molar-refractivity contribution in [2.45, 2.75) is 38.5 Å². The fraction of sp³-hybridized carbons (Fsp3) is 0.533. The zero-order chi connectivity index (χ0) is 15.2. The summed E-state index contributed by atoms with van der Waals surface area (Å²) < 4.78 is 0. The van der Waals surface area contributed by atoms with Gasteiger partial charge in [0.05, 0.1) is 4.92 Å². The van der Waals surface area contributed by atoms with E-state index in [0.717, 1.165) is 12.5 Å². The predicted octanol–water partition coefficient (Wildman–Crippen LogP) is 3.00.